The third kappa shape index (κ3) is 2.70. The molecule has 1 atom stereocenters. The quantitative estimate of drug-likeness (QED) is 0.927. The van der Waals surface area contributed by atoms with Crippen LogP contribution in [0.2, 0.25) is 0 Å². The Labute approximate surface area is 130 Å². The summed E-state index contributed by atoms with van der Waals surface area (Å²) >= 11 is 0. The predicted octanol–water partition coefficient (Wildman–Crippen LogP) is 2.88. The molecule has 0 radical (unpaired) electrons. The number of hydrogen-bond acceptors (Lipinski definition) is 3. The van der Waals surface area contributed by atoms with Crippen molar-refractivity contribution < 1.29 is 9.53 Å². The van der Waals surface area contributed by atoms with Crippen LogP contribution in [0.5, 0.6) is 5.75 Å². The van der Waals surface area contributed by atoms with Gasteiger partial charge in [0.15, 0.2) is 0 Å². The van der Waals surface area contributed by atoms with Gasteiger partial charge in [-0.05, 0) is 49.2 Å². The van der Waals surface area contributed by atoms with E-state index in [9.17, 15) is 4.79 Å². The number of amides is 1. The van der Waals surface area contributed by atoms with Gasteiger partial charge in [0.2, 0.25) is 0 Å². The molecule has 3 rings (SSSR count). The van der Waals surface area contributed by atoms with E-state index in [0.29, 0.717) is 18.7 Å². The highest BCUT2D eigenvalue weighted by Crippen LogP contribution is 2.35. The molecule has 0 saturated carbocycles. The number of anilines is 1. The van der Waals surface area contributed by atoms with Crippen LogP contribution in [-0.2, 0) is 6.54 Å². The Hall–Kier alpha value is -2.33. The number of carbonyl (C=O) groups excluding carboxylic acids is 1. The zero-order valence-electron chi connectivity index (χ0n) is 12.9. The van der Waals surface area contributed by atoms with Crippen LogP contribution in [0.15, 0.2) is 42.5 Å². The lowest BCUT2D eigenvalue weighted by Gasteiger charge is -2.33. The van der Waals surface area contributed by atoms with Gasteiger partial charge < -0.3 is 15.4 Å². The van der Waals surface area contributed by atoms with Crippen molar-refractivity contribution in [1.82, 2.24) is 0 Å². The fourth-order valence-corrected chi connectivity index (χ4v) is 2.68. The van der Waals surface area contributed by atoms with Crippen LogP contribution in [0.25, 0.3) is 0 Å². The van der Waals surface area contributed by atoms with E-state index in [4.69, 9.17) is 10.5 Å². The number of nitrogens with two attached hydrogens (primary N) is 1. The molecule has 0 bridgehead atoms. The Bertz CT molecular complexity index is 695. The summed E-state index contributed by atoms with van der Waals surface area (Å²) in [5.41, 5.74) is 9.23. The molecule has 0 aliphatic carbocycles. The normalized spacial score (nSPS) is 16.9. The van der Waals surface area contributed by atoms with Gasteiger partial charge in [0.05, 0.1) is 12.2 Å². The number of rotatable bonds is 2. The van der Waals surface area contributed by atoms with Crippen molar-refractivity contribution in [3.05, 3.63) is 59.2 Å². The molecule has 1 aliphatic rings. The molecule has 4 heteroatoms. The lowest BCUT2D eigenvalue weighted by Crippen LogP contribution is -2.42. The predicted molar refractivity (Wildman–Crippen MR) is 87.3 cm³/mol. The van der Waals surface area contributed by atoms with Crippen molar-refractivity contribution >= 4 is 11.6 Å². The van der Waals surface area contributed by atoms with E-state index >= 15 is 0 Å². The second kappa shape index (κ2) is 5.81. The molecular formula is C18H20N2O2. The van der Waals surface area contributed by atoms with Crippen LogP contribution < -0.4 is 15.4 Å². The number of aryl methyl sites for hydroxylation is 1. The third-order valence-electron chi connectivity index (χ3n) is 3.86. The Morgan fingerprint density at radius 2 is 2.00 bits per heavy atom. The van der Waals surface area contributed by atoms with Gasteiger partial charge in [-0.3, -0.25) is 4.79 Å². The standard InChI is InChI=1S/C18H20N2O2/c1-12-3-8-16-17(9-12)22-13(2)11-20(16)18(21)15-6-4-14(10-19)5-7-15/h3-9,13H,10-11,19H2,1-2H3/t13-/m1/s1. The van der Waals surface area contributed by atoms with Gasteiger partial charge in [-0.25, -0.2) is 0 Å². The van der Waals surface area contributed by atoms with Gasteiger partial charge in [0, 0.05) is 12.1 Å². The van der Waals surface area contributed by atoms with Crippen molar-refractivity contribution in [2.75, 3.05) is 11.4 Å². The molecule has 22 heavy (non-hydrogen) atoms. The Morgan fingerprint density at radius 1 is 1.27 bits per heavy atom. The maximum absolute atomic E-state index is 12.8. The summed E-state index contributed by atoms with van der Waals surface area (Å²) in [6.07, 6.45) is -0.0263. The first-order valence-electron chi connectivity index (χ1n) is 7.46. The van der Waals surface area contributed by atoms with E-state index in [1.165, 1.54) is 0 Å². The first-order valence-corrected chi connectivity index (χ1v) is 7.46. The summed E-state index contributed by atoms with van der Waals surface area (Å²) in [7, 11) is 0. The van der Waals surface area contributed by atoms with Crippen molar-refractivity contribution in [3.8, 4) is 5.75 Å². The molecule has 0 spiro atoms. The molecule has 1 aliphatic heterocycles. The minimum absolute atomic E-state index is 0.0103. The minimum Gasteiger partial charge on any atom is -0.487 e. The first-order chi connectivity index (χ1) is 10.6. The minimum atomic E-state index is -0.0263. The molecule has 1 amide bonds. The topological polar surface area (TPSA) is 55.6 Å². The van der Waals surface area contributed by atoms with Gasteiger partial charge in [-0.15, -0.1) is 0 Å². The summed E-state index contributed by atoms with van der Waals surface area (Å²) in [4.78, 5) is 14.6. The molecule has 2 aromatic rings. The van der Waals surface area contributed by atoms with Crippen LogP contribution in [0.4, 0.5) is 5.69 Å². The zero-order valence-corrected chi connectivity index (χ0v) is 12.9. The third-order valence-corrected chi connectivity index (χ3v) is 3.86. The highest BCUT2D eigenvalue weighted by atomic mass is 16.5. The Balaban J connectivity index is 1.95. The lowest BCUT2D eigenvalue weighted by molar-refractivity contribution is 0.0961. The Morgan fingerprint density at radius 3 is 2.68 bits per heavy atom. The number of nitrogens with zero attached hydrogens (tertiary/aromatic N) is 1. The number of ether oxygens (including phenoxy) is 1. The highest BCUT2D eigenvalue weighted by molar-refractivity contribution is 6.07. The van der Waals surface area contributed by atoms with E-state index in [1.54, 1.807) is 4.90 Å². The largest absolute Gasteiger partial charge is 0.487 e. The highest BCUT2D eigenvalue weighted by Gasteiger charge is 2.28. The molecule has 2 N–H and O–H groups in total. The first kappa shape index (κ1) is 14.6. The van der Waals surface area contributed by atoms with E-state index < -0.39 is 0 Å². The maximum atomic E-state index is 12.8. The van der Waals surface area contributed by atoms with Crippen LogP contribution in [0.1, 0.15) is 28.4 Å². The van der Waals surface area contributed by atoms with Crippen molar-refractivity contribution in [3.63, 3.8) is 0 Å². The summed E-state index contributed by atoms with van der Waals surface area (Å²) in [6, 6.07) is 13.4. The summed E-state index contributed by atoms with van der Waals surface area (Å²) in [6.45, 7) is 5.02. The Kier molecular flexibility index (Phi) is 3.86. The second-order valence-electron chi connectivity index (χ2n) is 5.72. The van der Waals surface area contributed by atoms with Gasteiger partial charge in [-0.1, -0.05) is 18.2 Å². The number of carbonyl (C=O) groups is 1. The molecule has 114 valence electrons. The molecule has 0 aromatic heterocycles. The molecule has 4 nitrogen and oxygen atoms in total. The van der Waals surface area contributed by atoms with Gasteiger partial charge in [-0.2, -0.15) is 0 Å². The van der Waals surface area contributed by atoms with Crippen molar-refractivity contribution in [2.24, 2.45) is 5.73 Å². The number of benzene rings is 2. The van der Waals surface area contributed by atoms with Gasteiger partial charge >= 0.3 is 0 Å². The van der Waals surface area contributed by atoms with E-state index in [0.717, 1.165) is 22.6 Å². The fourth-order valence-electron chi connectivity index (χ4n) is 2.68. The lowest BCUT2D eigenvalue weighted by atomic mass is 10.1. The smallest absolute Gasteiger partial charge is 0.258 e. The fraction of sp³-hybridized carbons (Fsp3) is 0.278. The molecule has 2 aromatic carbocycles. The maximum Gasteiger partial charge on any atom is 0.258 e. The zero-order chi connectivity index (χ0) is 15.7. The summed E-state index contributed by atoms with van der Waals surface area (Å²) < 4.78 is 5.85. The van der Waals surface area contributed by atoms with E-state index in [1.807, 2.05) is 56.3 Å². The van der Waals surface area contributed by atoms with E-state index in [2.05, 4.69) is 0 Å². The number of hydrogen-bond donors (Lipinski definition) is 1. The average molecular weight is 296 g/mol. The summed E-state index contributed by atoms with van der Waals surface area (Å²) in [5, 5.41) is 0. The summed E-state index contributed by atoms with van der Waals surface area (Å²) in [5.74, 6) is 0.759. The SMILES string of the molecule is Cc1ccc2c(c1)O[C@H](C)CN2C(=O)c1ccc(CN)cc1. The van der Waals surface area contributed by atoms with Crippen molar-refractivity contribution in [1.29, 1.82) is 0 Å². The monoisotopic (exact) mass is 296 g/mol. The molecule has 0 fully saturated rings. The van der Waals surface area contributed by atoms with Crippen molar-refractivity contribution in [2.45, 2.75) is 26.5 Å². The molecule has 0 unspecified atom stereocenters. The second-order valence-corrected chi connectivity index (χ2v) is 5.72. The molecule has 1 heterocycles. The van der Waals surface area contributed by atoms with Crippen LogP contribution in [-0.4, -0.2) is 18.6 Å². The van der Waals surface area contributed by atoms with E-state index in [-0.39, 0.29) is 12.0 Å². The average Bonchev–Trinajstić information content (AvgIpc) is 2.53. The van der Waals surface area contributed by atoms with Crippen LogP contribution >= 0.6 is 0 Å². The van der Waals surface area contributed by atoms with Gasteiger partial charge in [0.25, 0.3) is 5.91 Å². The number of fused-ring (bicyclic) bond motifs is 1. The molecule has 0 saturated heterocycles. The van der Waals surface area contributed by atoms with Crippen LogP contribution in [0, 0.1) is 6.92 Å². The molecular weight excluding hydrogens is 276 g/mol. The van der Waals surface area contributed by atoms with Gasteiger partial charge in [0.1, 0.15) is 11.9 Å². The van der Waals surface area contributed by atoms with Crippen LogP contribution in [0.3, 0.4) is 0 Å².